The van der Waals surface area contributed by atoms with Gasteiger partial charge in [0.1, 0.15) is 5.78 Å². The highest BCUT2D eigenvalue weighted by molar-refractivity contribution is 5.79. The summed E-state index contributed by atoms with van der Waals surface area (Å²) < 4.78 is 11.2. The molecule has 3 heteroatoms. The highest BCUT2D eigenvalue weighted by Crippen LogP contribution is 2.17. The Labute approximate surface area is 92.1 Å². The molecule has 0 heterocycles. The molecule has 0 amide bonds. The normalized spacial score (nSPS) is 19.5. The van der Waals surface area contributed by atoms with Crippen LogP contribution in [0.3, 0.4) is 0 Å². The largest absolute Gasteiger partial charge is 0.376 e. The Morgan fingerprint density at radius 3 is 2.33 bits per heavy atom. The van der Waals surface area contributed by atoms with Crippen molar-refractivity contribution in [2.45, 2.75) is 58.2 Å². The Morgan fingerprint density at radius 1 is 1.20 bits per heavy atom. The fourth-order valence-electron chi connectivity index (χ4n) is 1.64. The Morgan fingerprint density at radius 2 is 1.80 bits per heavy atom. The molecule has 1 aliphatic rings. The fourth-order valence-corrected chi connectivity index (χ4v) is 1.64. The van der Waals surface area contributed by atoms with Crippen LogP contribution in [0.4, 0.5) is 0 Å². The molecule has 0 radical (unpaired) electrons. The summed E-state index contributed by atoms with van der Waals surface area (Å²) in [6.07, 6.45) is 3.41. The zero-order valence-corrected chi connectivity index (χ0v) is 10.0. The number of rotatable bonds is 4. The number of hydrogen-bond acceptors (Lipinski definition) is 3. The third kappa shape index (κ3) is 5.90. The van der Waals surface area contributed by atoms with E-state index < -0.39 is 0 Å². The van der Waals surface area contributed by atoms with Crippen molar-refractivity contribution < 1.29 is 14.3 Å². The van der Waals surface area contributed by atoms with Crippen LogP contribution in [0.25, 0.3) is 0 Å². The first-order chi connectivity index (χ1) is 6.97. The number of ether oxygens (including phenoxy) is 2. The van der Waals surface area contributed by atoms with E-state index in [0.29, 0.717) is 31.8 Å². The Hall–Kier alpha value is -0.410. The van der Waals surface area contributed by atoms with Gasteiger partial charge in [0.05, 0.1) is 24.9 Å². The molecule has 0 N–H and O–H groups in total. The van der Waals surface area contributed by atoms with E-state index in [1.807, 2.05) is 20.8 Å². The number of carbonyl (C=O) groups is 1. The molecule has 0 saturated heterocycles. The van der Waals surface area contributed by atoms with E-state index in [4.69, 9.17) is 9.47 Å². The summed E-state index contributed by atoms with van der Waals surface area (Å²) in [6, 6.07) is 0. The molecule has 15 heavy (non-hydrogen) atoms. The minimum Gasteiger partial charge on any atom is -0.376 e. The summed E-state index contributed by atoms with van der Waals surface area (Å²) in [7, 11) is 0. The van der Waals surface area contributed by atoms with Crippen LogP contribution in [0.1, 0.15) is 46.5 Å². The molecule has 0 unspecified atom stereocenters. The van der Waals surface area contributed by atoms with Crippen molar-refractivity contribution in [3.63, 3.8) is 0 Å². The quantitative estimate of drug-likeness (QED) is 0.674. The molecule has 0 aliphatic heterocycles. The molecule has 0 aromatic rings. The van der Waals surface area contributed by atoms with Crippen molar-refractivity contribution in [2.24, 2.45) is 0 Å². The van der Waals surface area contributed by atoms with Crippen LogP contribution in [0.2, 0.25) is 0 Å². The molecule has 0 bridgehead atoms. The molecule has 0 atom stereocenters. The van der Waals surface area contributed by atoms with E-state index in [-0.39, 0.29) is 11.7 Å². The second kappa shape index (κ2) is 5.61. The van der Waals surface area contributed by atoms with Gasteiger partial charge < -0.3 is 9.47 Å². The van der Waals surface area contributed by atoms with E-state index in [0.717, 1.165) is 12.8 Å². The van der Waals surface area contributed by atoms with Gasteiger partial charge in [0.2, 0.25) is 0 Å². The maximum atomic E-state index is 11.0. The van der Waals surface area contributed by atoms with Crippen LogP contribution in [0.5, 0.6) is 0 Å². The lowest BCUT2D eigenvalue weighted by Gasteiger charge is -2.23. The molecule has 0 spiro atoms. The van der Waals surface area contributed by atoms with Gasteiger partial charge in [-0.15, -0.1) is 0 Å². The van der Waals surface area contributed by atoms with Gasteiger partial charge in [-0.1, -0.05) is 0 Å². The Kier molecular flexibility index (Phi) is 4.74. The Balaban J connectivity index is 2.03. The van der Waals surface area contributed by atoms with Crippen molar-refractivity contribution in [3.05, 3.63) is 0 Å². The summed E-state index contributed by atoms with van der Waals surface area (Å²) in [5, 5.41) is 0. The van der Waals surface area contributed by atoms with Crippen LogP contribution in [-0.4, -0.2) is 30.7 Å². The summed E-state index contributed by atoms with van der Waals surface area (Å²) in [6.45, 7) is 7.37. The summed E-state index contributed by atoms with van der Waals surface area (Å²) >= 11 is 0. The van der Waals surface area contributed by atoms with Crippen molar-refractivity contribution in [3.8, 4) is 0 Å². The number of carbonyl (C=O) groups excluding carboxylic acids is 1. The van der Waals surface area contributed by atoms with E-state index >= 15 is 0 Å². The molecule has 3 nitrogen and oxygen atoms in total. The number of hydrogen-bond donors (Lipinski definition) is 0. The topological polar surface area (TPSA) is 35.5 Å². The smallest absolute Gasteiger partial charge is 0.133 e. The van der Waals surface area contributed by atoms with Gasteiger partial charge in [0.15, 0.2) is 0 Å². The van der Waals surface area contributed by atoms with Crippen molar-refractivity contribution in [1.29, 1.82) is 0 Å². The molecule has 88 valence electrons. The first kappa shape index (κ1) is 12.7. The second-order valence-corrected chi connectivity index (χ2v) is 5.07. The van der Waals surface area contributed by atoms with Crippen LogP contribution in [0, 0.1) is 0 Å². The lowest BCUT2D eigenvalue weighted by molar-refractivity contribution is -0.123. The van der Waals surface area contributed by atoms with E-state index in [2.05, 4.69) is 0 Å². The van der Waals surface area contributed by atoms with Crippen LogP contribution in [-0.2, 0) is 14.3 Å². The van der Waals surface area contributed by atoms with Crippen molar-refractivity contribution in [2.75, 3.05) is 13.2 Å². The van der Waals surface area contributed by atoms with E-state index in [9.17, 15) is 4.79 Å². The monoisotopic (exact) mass is 214 g/mol. The van der Waals surface area contributed by atoms with Crippen LogP contribution >= 0.6 is 0 Å². The van der Waals surface area contributed by atoms with Crippen molar-refractivity contribution in [1.82, 2.24) is 0 Å². The minimum absolute atomic E-state index is 0.0914. The number of ketones is 1. The lowest BCUT2D eigenvalue weighted by atomic mass is 9.97. The predicted molar refractivity (Wildman–Crippen MR) is 58.9 cm³/mol. The average Bonchev–Trinajstić information content (AvgIpc) is 2.14. The van der Waals surface area contributed by atoms with Gasteiger partial charge in [-0.05, 0) is 33.6 Å². The minimum atomic E-state index is -0.0914. The highest BCUT2D eigenvalue weighted by atomic mass is 16.5. The highest BCUT2D eigenvalue weighted by Gasteiger charge is 2.19. The molecule has 1 fully saturated rings. The summed E-state index contributed by atoms with van der Waals surface area (Å²) in [5.74, 6) is 0.376. The van der Waals surface area contributed by atoms with Gasteiger partial charge in [0, 0.05) is 12.8 Å². The molecule has 1 saturated carbocycles. The summed E-state index contributed by atoms with van der Waals surface area (Å²) in [4.78, 5) is 11.0. The van der Waals surface area contributed by atoms with Gasteiger partial charge in [-0.25, -0.2) is 0 Å². The van der Waals surface area contributed by atoms with Gasteiger partial charge in [-0.3, -0.25) is 4.79 Å². The molecule has 0 aromatic carbocycles. The Bertz CT molecular complexity index is 195. The van der Waals surface area contributed by atoms with E-state index in [1.165, 1.54) is 0 Å². The third-order valence-corrected chi connectivity index (χ3v) is 2.46. The van der Waals surface area contributed by atoms with Gasteiger partial charge in [-0.2, -0.15) is 0 Å². The second-order valence-electron chi connectivity index (χ2n) is 5.07. The molecule has 1 rings (SSSR count). The first-order valence-corrected chi connectivity index (χ1v) is 5.74. The standard InChI is InChI=1S/C12H22O3/c1-12(2,3)15-9-8-14-11-6-4-10(13)5-7-11/h11H,4-9H2,1-3H3. The maximum Gasteiger partial charge on any atom is 0.133 e. The first-order valence-electron chi connectivity index (χ1n) is 5.74. The maximum absolute atomic E-state index is 11.0. The average molecular weight is 214 g/mol. The molecular weight excluding hydrogens is 192 g/mol. The predicted octanol–water partition coefficient (Wildman–Crippen LogP) is 2.33. The van der Waals surface area contributed by atoms with Gasteiger partial charge in [0.25, 0.3) is 0 Å². The van der Waals surface area contributed by atoms with Crippen LogP contribution in [0.15, 0.2) is 0 Å². The molecule has 0 aromatic heterocycles. The zero-order valence-electron chi connectivity index (χ0n) is 10.0. The number of Topliss-reactive ketones (excluding diaryl/α,β-unsaturated/α-hetero) is 1. The van der Waals surface area contributed by atoms with Crippen molar-refractivity contribution >= 4 is 5.78 Å². The SMILES string of the molecule is CC(C)(C)OCCOC1CCC(=O)CC1. The fraction of sp³-hybridized carbons (Fsp3) is 0.917. The zero-order chi connectivity index (χ0) is 11.3. The third-order valence-electron chi connectivity index (χ3n) is 2.46. The lowest BCUT2D eigenvalue weighted by Crippen LogP contribution is -2.26. The summed E-state index contributed by atoms with van der Waals surface area (Å²) in [5.41, 5.74) is -0.0914. The van der Waals surface area contributed by atoms with Gasteiger partial charge >= 0.3 is 0 Å². The molecular formula is C12H22O3. The molecule has 1 aliphatic carbocycles. The van der Waals surface area contributed by atoms with E-state index in [1.54, 1.807) is 0 Å². The van der Waals surface area contributed by atoms with Crippen LogP contribution < -0.4 is 0 Å².